The first-order valence-electron chi connectivity index (χ1n) is 8.11. The van der Waals surface area contributed by atoms with E-state index in [-0.39, 0.29) is 36.9 Å². The molecule has 1 amide bonds. The number of nitrogens with zero attached hydrogens (tertiary/aromatic N) is 3. The normalized spacial score (nSPS) is 14.8. The van der Waals surface area contributed by atoms with Crippen LogP contribution in [0.1, 0.15) is 47.1 Å². The molecule has 3 rings (SSSR count). The van der Waals surface area contributed by atoms with E-state index in [4.69, 9.17) is 0 Å². The maximum atomic E-state index is 12.1. The number of hydrogen-bond acceptors (Lipinski definition) is 6. The number of nitrogens with one attached hydrogen (secondary N) is 2. The number of anilines is 1. The lowest BCUT2D eigenvalue weighted by atomic mass is 9.98. The molecule has 1 fully saturated rings. The fourth-order valence-corrected chi connectivity index (χ4v) is 3.44. The van der Waals surface area contributed by atoms with Crippen molar-refractivity contribution in [3.05, 3.63) is 28.2 Å². The number of Topliss-reactive ketones (excluding diaryl/α,β-unsaturated/α-hetero) is 1. The maximum Gasteiger partial charge on any atom is 0.227 e. The third kappa shape index (κ3) is 5.10. The summed E-state index contributed by atoms with van der Waals surface area (Å²) < 4.78 is 1.59. The van der Waals surface area contributed by atoms with E-state index in [1.54, 1.807) is 17.8 Å². The molecule has 0 aliphatic carbocycles. The summed E-state index contributed by atoms with van der Waals surface area (Å²) in [6.45, 7) is 1.94. The molecule has 0 unspecified atom stereocenters. The summed E-state index contributed by atoms with van der Waals surface area (Å²) in [4.78, 5) is 29.2. The monoisotopic (exact) mass is 383 g/mol. The van der Waals surface area contributed by atoms with E-state index < -0.39 is 0 Å². The summed E-state index contributed by atoms with van der Waals surface area (Å²) in [6, 6.07) is 3.61. The molecule has 0 radical (unpaired) electrons. The van der Waals surface area contributed by atoms with Gasteiger partial charge in [0, 0.05) is 25.8 Å². The van der Waals surface area contributed by atoms with Gasteiger partial charge in [0.2, 0.25) is 11.9 Å². The zero-order valence-corrected chi connectivity index (χ0v) is 15.7. The van der Waals surface area contributed by atoms with Gasteiger partial charge in [-0.05, 0) is 37.4 Å². The van der Waals surface area contributed by atoms with Crippen LogP contribution in [0, 0.1) is 0 Å². The van der Waals surface area contributed by atoms with Crippen LogP contribution in [0.3, 0.4) is 0 Å². The summed E-state index contributed by atoms with van der Waals surface area (Å²) >= 11 is 1.40. The second kappa shape index (κ2) is 9.07. The van der Waals surface area contributed by atoms with Crippen molar-refractivity contribution in [2.24, 2.45) is 7.05 Å². The molecule has 1 aliphatic heterocycles. The second-order valence-electron chi connectivity index (χ2n) is 5.89. The van der Waals surface area contributed by atoms with Crippen molar-refractivity contribution in [3.63, 3.8) is 0 Å². The van der Waals surface area contributed by atoms with E-state index >= 15 is 0 Å². The van der Waals surface area contributed by atoms with E-state index in [1.807, 2.05) is 11.4 Å². The number of halogens is 1. The Morgan fingerprint density at radius 1 is 1.36 bits per heavy atom. The lowest BCUT2D eigenvalue weighted by molar-refractivity contribution is -0.116. The number of ketones is 1. The summed E-state index contributed by atoms with van der Waals surface area (Å²) in [6.07, 6.45) is 2.36. The molecular formula is C16H22ClN5O2S. The highest BCUT2D eigenvalue weighted by atomic mass is 35.5. The largest absolute Gasteiger partial charge is 0.317 e. The standard InChI is InChI=1S/C16H21N5O2S.ClH/c1-21-16(19-15(20-21)11-6-8-17-9-7-11)18-14(23)5-4-12(22)13-3-2-10-24-13;/h2-3,10-11,17H,4-9H2,1H3,(H,18,19,20,23);1H. The zero-order chi connectivity index (χ0) is 16.9. The Morgan fingerprint density at radius 2 is 2.12 bits per heavy atom. The topological polar surface area (TPSA) is 88.9 Å². The fraction of sp³-hybridized carbons (Fsp3) is 0.500. The number of amides is 1. The van der Waals surface area contributed by atoms with Gasteiger partial charge in [0.15, 0.2) is 11.6 Å². The number of hydrogen-bond donors (Lipinski definition) is 2. The fourth-order valence-electron chi connectivity index (χ4n) is 2.74. The van der Waals surface area contributed by atoms with Gasteiger partial charge >= 0.3 is 0 Å². The molecule has 1 saturated heterocycles. The number of aromatic nitrogens is 3. The zero-order valence-electron chi connectivity index (χ0n) is 14.0. The number of thiophene rings is 1. The Bertz CT molecular complexity index is 710. The second-order valence-corrected chi connectivity index (χ2v) is 6.84. The van der Waals surface area contributed by atoms with Gasteiger partial charge in [0.25, 0.3) is 0 Å². The first-order chi connectivity index (χ1) is 11.6. The SMILES string of the molecule is Cl.Cn1nc(C2CCNCC2)nc1NC(=O)CCC(=O)c1cccs1. The lowest BCUT2D eigenvalue weighted by Crippen LogP contribution is -2.27. The van der Waals surface area contributed by atoms with Crippen molar-refractivity contribution in [1.82, 2.24) is 20.1 Å². The molecular weight excluding hydrogens is 362 g/mol. The van der Waals surface area contributed by atoms with Gasteiger partial charge in [-0.15, -0.1) is 23.7 Å². The first-order valence-corrected chi connectivity index (χ1v) is 8.99. The van der Waals surface area contributed by atoms with Crippen molar-refractivity contribution in [1.29, 1.82) is 0 Å². The van der Waals surface area contributed by atoms with Crippen LogP contribution in [0.4, 0.5) is 5.95 Å². The van der Waals surface area contributed by atoms with Crippen LogP contribution in [0.15, 0.2) is 17.5 Å². The van der Waals surface area contributed by atoms with Crippen molar-refractivity contribution >= 4 is 41.4 Å². The number of aryl methyl sites for hydroxylation is 1. The molecule has 2 aromatic heterocycles. The minimum Gasteiger partial charge on any atom is -0.317 e. The predicted octanol–water partition coefficient (Wildman–Crippen LogP) is 2.37. The number of rotatable bonds is 6. The molecule has 7 nitrogen and oxygen atoms in total. The maximum absolute atomic E-state index is 12.1. The molecule has 25 heavy (non-hydrogen) atoms. The molecule has 0 bridgehead atoms. The van der Waals surface area contributed by atoms with Crippen LogP contribution >= 0.6 is 23.7 Å². The van der Waals surface area contributed by atoms with Gasteiger partial charge in [0.05, 0.1) is 4.88 Å². The molecule has 2 N–H and O–H groups in total. The Hall–Kier alpha value is -1.77. The Morgan fingerprint density at radius 3 is 2.80 bits per heavy atom. The molecule has 0 aromatic carbocycles. The van der Waals surface area contributed by atoms with E-state index in [2.05, 4.69) is 20.7 Å². The Labute approximate surface area is 156 Å². The molecule has 0 atom stereocenters. The summed E-state index contributed by atoms with van der Waals surface area (Å²) in [5.41, 5.74) is 0. The Balaban J connectivity index is 0.00000225. The van der Waals surface area contributed by atoms with Gasteiger partial charge in [0.1, 0.15) is 0 Å². The number of piperidine rings is 1. The number of carbonyl (C=O) groups excluding carboxylic acids is 2. The molecule has 0 spiro atoms. The average Bonchev–Trinajstić information content (AvgIpc) is 3.24. The first kappa shape index (κ1) is 19.6. The van der Waals surface area contributed by atoms with Gasteiger partial charge in [-0.1, -0.05) is 6.07 Å². The van der Waals surface area contributed by atoms with Crippen LogP contribution in [0.25, 0.3) is 0 Å². The smallest absolute Gasteiger partial charge is 0.227 e. The van der Waals surface area contributed by atoms with Crippen LogP contribution in [0.2, 0.25) is 0 Å². The highest BCUT2D eigenvalue weighted by molar-refractivity contribution is 7.12. The lowest BCUT2D eigenvalue weighted by Gasteiger charge is -2.19. The van der Waals surface area contributed by atoms with Gasteiger partial charge in [-0.2, -0.15) is 10.1 Å². The predicted molar refractivity (Wildman–Crippen MR) is 99.6 cm³/mol. The van der Waals surface area contributed by atoms with Crippen molar-refractivity contribution in [3.8, 4) is 0 Å². The van der Waals surface area contributed by atoms with Crippen LogP contribution in [-0.4, -0.2) is 39.5 Å². The molecule has 9 heteroatoms. The molecule has 1 aliphatic rings. The van der Waals surface area contributed by atoms with Crippen molar-refractivity contribution in [2.45, 2.75) is 31.6 Å². The van der Waals surface area contributed by atoms with Gasteiger partial charge < -0.3 is 5.32 Å². The number of carbonyl (C=O) groups is 2. The van der Waals surface area contributed by atoms with E-state index in [9.17, 15) is 9.59 Å². The van der Waals surface area contributed by atoms with E-state index in [1.165, 1.54) is 11.3 Å². The molecule has 136 valence electrons. The minimum absolute atomic E-state index is 0. The molecule has 3 heterocycles. The minimum atomic E-state index is -0.215. The average molecular weight is 384 g/mol. The van der Waals surface area contributed by atoms with Gasteiger partial charge in [-0.25, -0.2) is 4.68 Å². The van der Waals surface area contributed by atoms with Gasteiger partial charge in [-0.3, -0.25) is 14.9 Å². The van der Waals surface area contributed by atoms with Crippen LogP contribution in [-0.2, 0) is 11.8 Å². The highest BCUT2D eigenvalue weighted by Crippen LogP contribution is 2.23. The summed E-state index contributed by atoms with van der Waals surface area (Å²) in [7, 11) is 1.77. The van der Waals surface area contributed by atoms with Crippen molar-refractivity contribution in [2.75, 3.05) is 18.4 Å². The molecule has 2 aromatic rings. The van der Waals surface area contributed by atoms with E-state index in [0.717, 1.165) is 31.8 Å². The quantitative estimate of drug-likeness (QED) is 0.747. The summed E-state index contributed by atoms with van der Waals surface area (Å²) in [5.74, 6) is 1.34. The van der Waals surface area contributed by atoms with Crippen molar-refractivity contribution < 1.29 is 9.59 Å². The Kier molecular flexibility index (Phi) is 7.10. The molecule has 0 saturated carbocycles. The third-order valence-corrected chi connectivity index (χ3v) is 5.02. The summed E-state index contributed by atoms with van der Waals surface area (Å²) in [5, 5.41) is 12.3. The highest BCUT2D eigenvalue weighted by Gasteiger charge is 2.21. The van der Waals surface area contributed by atoms with Crippen LogP contribution in [0.5, 0.6) is 0 Å². The third-order valence-electron chi connectivity index (χ3n) is 4.11. The van der Waals surface area contributed by atoms with Crippen LogP contribution < -0.4 is 10.6 Å². The van der Waals surface area contributed by atoms with E-state index in [0.29, 0.717) is 16.7 Å².